The Hall–Kier alpha value is -1.05. The number of rotatable bonds is 1. The van der Waals surface area contributed by atoms with Crippen LogP contribution in [0.1, 0.15) is 25.0 Å². The number of aryl methyl sites for hydroxylation is 2. The second-order valence-corrected chi connectivity index (χ2v) is 3.02. The van der Waals surface area contributed by atoms with E-state index in [9.17, 15) is 0 Å². The van der Waals surface area contributed by atoms with Gasteiger partial charge in [0.15, 0.2) is 0 Å². The minimum Gasteiger partial charge on any atom is -0.363 e. The molecule has 0 amide bonds. The summed E-state index contributed by atoms with van der Waals surface area (Å²) in [6, 6.07) is 2.09. The van der Waals surface area contributed by atoms with E-state index < -0.39 is 0 Å². The zero-order valence-electron chi connectivity index (χ0n) is 9.55. The normalized spacial score (nSPS) is 8.77. The summed E-state index contributed by atoms with van der Waals surface area (Å²) < 4.78 is 0. The van der Waals surface area contributed by atoms with Gasteiger partial charge < -0.3 is 4.90 Å². The highest BCUT2D eigenvalue weighted by Gasteiger charge is 1.97. The second-order valence-electron chi connectivity index (χ2n) is 3.02. The molecule has 0 spiro atoms. The van der Waals surface area contributed by atoms with Crippen molar-refractivity contribution in [2.45, 2.75) is 27.7 Å². The van der Waals surface area contributed by atoms with E-state index in [0.717, 1.165) is 5.82 Å². The third-order valence-corrected chi connectivity index (χ3v) is 1.82. The number of hydrogen-bond acceptors (Lipinski definition) is 2. The largest absolute Gasteiger partial charge is 0.363 e. The van der Waals surface area contributed by atoms with Gasteiger partial charge in [-0.2, -0.15) is 0 Å². The summed E-state index contributed by atoms with van der Waals surface area (Å²) in [6.45, 7) is 8.17. The standard InChI is InChI=1S/C9H14N2.C2H6/c1-7-5-9(11(3)4)10-6-8(7)2;1-2/h5-6H,1-4H3;1-2H3. The van der Waals surface area contributed by atoms with Gasteiger partial charge in [-0.15, -0.1) is 0 Å². The first kappa shape index (κ1) is 11.9. The smallest absolute Gasteiger partial charge is 0.128 e. The van der Waals surface area contributed by atoms with Crippen LogP contribution in [0.3, 0.4) is 0 Å². The lowest BCUT2D eigenvalue weighted by atomic mass is 10.2. The molecule has 0 radical (unpaired) electrons. The Kier molecular flexibility index (Phi) is 5.12. The van der Waals surface area contributed by atoms with Gasteiger partial charge in [-0.3, -0.25) is 0 Å². The van der Waals surface area contributed by atoms with Crippen molar-refractivity contribution in [2.24, 2.45) is 0 Å². The number of aromatic nitrogens is 1. The lowest BCUT2D eigenvalue weighted by molar-refractivity contribution is 1.05. The van der Waals surface area contributed by atoms with Gasteiger partial charge in [0.25, 0.3) is 0 Å². The molecule has 0 bridgehead atoms. The minimum absolute atomic E-state index is 1.02. The molecule has 0 unspecified atom stereocenters. The molecule has 1 aromatic heterocycles. The van der Waals surface area contributed by atoms with Crippen LogP contribution in [0.15, 0.2) is 12.3 Å². The summed E-state index contributed by atoms with van der Waals surface area (Å²) >= 11 is 0. The molecule has 74 valence electrons. The predicted octanol–water partition coefficient (Wildman–Crippen LogP) is 2.79. The first-order valence-corrected chi connectivity index (χ1v) is 4.72. The van der Waals surface area contributed by atoms with Gasteiger partial charge in [0.2, 0.25) is 0 Å². The van der Waals surface area contributed by atoms with Crippen molar-refractivity contribution >= 4 is 5.82 Å². The van der Waals surface area contributed by atoms with Gasteiger partial charge in [0.1, 0.15) is 5.82 Å². The number of nitrogens with zero attached hydrogens (tertiary/aromatic N) is 2. The van der Waals surface area contributed by atoms with Crippen molar-refractivity contribution in [2.75, 3.05) is 19.0 Å². The van der Waals surface area contributed by atoms with Crippen LogP contribution in [-0.4, -0.2) is 19.1 Å². The maximum atomic E-state index is 4.26. The molecule has 0 aliphatic carbocycles. The van der Waals surface area contributed by atoms with Gasteiger partial charge in [-0.05, 0) is 31.0 Å². The molecule has 2 nitrogen and oxygen atoms in total. The molecule has 13 heavy (non-hydrogen) atoms. The molecule has 0 saturated heterocycles. The Morgan fingerprint density at radius 1 is 1.08 bits per heavy atom. The first-order valence-electron chi connectivity index (χ1n) is 4.72. The van der Waals surface area contributed by atoms with Crippen LogP contribution in [0.5, 0.6) is 0 Å². The monoisotopic (exact) mass is 180 g/mol. The Morgan fingerprint density at radius 3 is 2.00 bits per heavy atom. The van der Waals surface area contributed by atoms with E-state index in [1.807, 2.05) is 39.0 Å². The highest BCUT2D eigenvalue weighted by molar-refractivity contribution is 5.41. The molecular formula is C11H20N2. The molecule has 1 rings (SSSR count). The molecule has 0 aromatic carbocycles. The second kappa shape index (κ2) is 5.57. The van der Waals surface area contributed by atoms with Crippen LogP contribution < -0.4 is 4.90 Å². The van der Waals surface area contributed by atoms with Gasteiger partial charge >= 0.3 is 0 Å². The fourth-order valence-corrected chi connectivity index (χ4v) is 0.854. The van der Waals surface area contributed by atoms with E-state index in [2.05, 4.69) is 24.9 Å². The Labute approximate surface area is 81.6 Å². The molecule has 0 aliphatic heterocycles. The number of pyridine rings is 1. The average Bonchev–Trinajstić information content (AvgIpc) is 2.13. The van der Waals surface area contributed by atoms with E-state index in [1.54, 1.807) is 0 Å². The van der Waals surface area contributed by atoms with E-state index in [4.69, 9.17) is 0 Å². The third-order valence-electron chi connectivity index (χ3n) is 1.82. The van der Waals surface area contributed by atoms with Crippen LogP contribution in [0.2, 0.25) is 0 Å². The lowest BCUT2D eigenvalue weighted by Crippen LogP contribution is -2.10. The topological polar surface area (TPSA) is 16.1 Å². The fourth-order valence-electron chi connectivity index (χ4n) is 0.854. The minimum atomic E-state index is 1.02. The van der Waals surface area contributed by atoms with Crippen molar-refractivity contribution in [3.63, 3.8) is 0 Å². The van der Waals surface area contributed by atoms with Crippen LogP contribution >= 0.6 is 0 Å². The average molecular weight is 180 g/mol. The van der Waals surface area contributed by atoms with E-state index in [-0.39, 0.29) is 0 Å². The summed E-state index contributed by atoms with van der Waals surface area (Å²) in [7, 11) is 3.99. The fraction of sp³-hybridized carbons (Fsp3) is 0.545. The van der Waals surface area contributed by atoms with Gasteiger partial charge in [0, 0.05) is 20.3 Å². The van der Waals surface area contributed by atoms with Gasteiger partial charge in [0.05, 0.1) is 0 Å². The van der Waals surface area contributed by atoms with E-state index >= 15 is 0 Å². The zero-order valence-corrected chi connectivity index (χ0v) is 9.55. The van der Waals surface area contributed by atoms with Crippen LogP contribution in [0.4, 0.5) is 5.82 Å². The lowest BCUT2D eigenvalue weighted by Gasteiger charge is -2.11. The van der Waals surface area contributed by atoms with Crippen molar-refractivity contribution in [3.8, 4) is 0 Å². The molecule has 1 aromatic rings. The highest BCUT2D eigenvalue weighted by Crippen LogP contribution is 2.11. The summed E-state index contributed by atoms with van der Waals surface area (Å²) in [5.74, 6) is 1.02. The van der Waals surface area contributed by atoms with Crippen molar-refractivity contribution in [1.82, 2.24) is 4.98 Å². The van der Waals surface area contributed by atoms with Crippen molar-refractivity contribution < 1.29 is 0 Å². The van der Waals surface area contributed by atoms with E-state index in [0.29, 0.717) is 0 Å². The maximum absolute atomic E-state index is 4.26. The highest BCUT2D eigenvalue weighted by atomic mass is 15.1. The van der Waals surface area contributed by atoms with E-state index in [1.165, 1.54) is 11.1 Å². The molecule has 0 fully saturated rings. The van der Waals surface area contributed by atoms with Crippen molar-refractivity contribution in [1.29, 1.82) is 0 Å². The van der Waals surface area contributed by atoms with Crippen LogP contribution in [0, 0.1) is 13.8 Å². The van der Waals surface area contributed by atoms with Crippen molar-refractivity contribution in [3.05, 3.63) is 23.4 Å². The summed E-state index contributed by atoms with van der Waals surface area (Å²) in [4.78, 5) is 6.27. The molecule has 1 heterocycles. The molecule has 0 saturated carbocycles. The Bertz CT molecular complexity index is 254. The zero-order chi connectivity index (χ0) is 10.4. The molecule has 0 aliphatic rings. The summed E-state index contributed by atoms with van der Waals surface area (Å²) in [6.07, 6.45) is 1.91. The number of hydrogen-bond donors (Lipinski definition) is 0. The maximum Gasteiger partial charge on any atom is 0.128 e. The molecule has 2 heteroatoms. The number of anilines is 1. The third kappa shape index (κ3) is 3.45. The van der Waals surface area contributed by atoms with Crippen LogP contribution in [0.25, 0.3) is 0 Å². The van der Waals surface area contributed by atoms with Crippen LogP contribution in [-0.2, 0) is 0 Å². The quantitative estimate of drug-likeness (QED) is 0.660. The first-order chi connectivity index (χ1) is 6.11. The summed E-state index contributed by atoms with van der Waals surface area (Å²) in [5, 5.41) is 0. The Morgan fingerprint density at radius 2 is 1.62 bits per heavy atom. The van der Waals surface area contributed by atoms with Gasteiger partial charge in [-0.25, -0.2) is 4.98 Å². The Balaban J connectivity index is 0.000000671. The molecule has 0 atom stereocenters. The molecule has 0 N–H and O–H groups in total. The SMILES string of the molecule is CC.Cc1cnc(N(C)C)cc1C. The predicted molar refractivity (Wildman–Crippen MR) is 59.4 cm³/mol. The summed E-state index contributed by atoms with van der Waals surface area (Å²) in [5.41, 5.74) is 2.54. The molecular weight excluding hydrogens is 160 g/mol. The van der Waals surface area contributed by atoms with Gasteiger partial charge in [-0.1, -0.05) is 13.8 Å².